The molecule has 0 atom stereocenters. The van der Waals surface area contributed by atoms with Crippen LogP contribution < -0.4 is 10.6 Å². The molecule has 1 aromatic heterocycles. The van der Waals surface area contributed by atoms with E-state index < -0.39 is 0 Å². The van der Waals surface area contributed by atoms with Crippen LogP contribution in [0.4, 0.5) is 11.4 Å². The zero-order valence-corrected chi connectivity index (χ0v) is 20.5. The molecule has 3 aromatic rings. The topological polar surface area (TPSA) is 88.9 Å². The molecule has 0 bridgehead atoms. The molecule has 168 valence electrons. The molecular formula is C20H17Cl4N5O2S. The SMILES string of the molecule is CCn1c(CC(=O)Nc2ccc(Cl)c(Cl)c2)nnc1SCC(=O)Nc1cccc(Cl)c1Cl. The zero-order chi connectivity index (χ0) is 23.3. The molecule has 32 heavy (non-hydrogen) atoms. The molecule has 0 fully saturated rings. The predicted octanol–water partition coefficient (Wildman–Crippen LogP) is 5.82. The maximum absolute atomic E-state index is 12.4. The van der Waals surface area contributed by atoms with Crippen LogP contribution in [-0.4, -0.2) is 32.3 Å². The highest BCUT2D eigenvalue weighted by atomic mass is 35.5. The fourth-order valence-corrected chi connectivity index (χ4v) is 4.18. The van der Waals surface area contributed by atoms with Gasteiger partial charge < -0.3 is 15.2 Å². The van der Waals surface area contributed by atoms with E-state index in [0.717, 1.165) is 0 Å². The van der Waals surface area contributed by atoms with E-state index in [1.165, 1.54) is 11.8 Å². The summed E-state index contributed by atoms with van der Waals surface area (Å²) in [4.78, 5) is 24.7. The van der Waals surface area contributed by atoms with Crippen LogP contribution in [0.25, 0.3) is 0 Å². The minimum absolute atomic E-state index is 0.00592. The molecule has 7 nitrogen and oxygen atoms in total. The van der Waals surface area contributed by atoms with E-state index in [-0.39, 0.29) is 29.0 Å². The molecular weight excluding hydrogens is 516 g/mol. The number of hydrogen-bond donors (Lipinski definition) is 2. The van der Waals surface area contributed by atoms with Crippen molar-refractivity contribution in [3.8, 4) is 0 Å². The molecule has 0 spiro atoms. The van der Waals surface area contributed by atoms with E-state index in [1.807, 2.05) is 6.92 Å². The van der Waals surface area contributed by atoms with Crippen LogP contribution in [0.2, 0.25) is 20.1 Å². The monoisotopic (exact) mass is 531 g/mol. The molecule has 0 saturated carbocycles. The standard InChI is InChI=1S/C20H17Cl4N5O2S/c1-2-29-16(9-17(30)25-11-6-7-12(21)14(23)8-11)27-28-20(29)32-10-18(31)26-15-5-3-4-13(22)19(15)24/h3-8H,2,9-10H2,1H3,(H,25,30)(H,26,31). The van der Waals surface area contributed by atoms with Gasteiger partial charge in [0.1, 0.15) is 5.82 Å². The first-order valence-corrected chi connectivity index (χ1v) is 11.8. The lowest BCUT2D eigenvalue weighted by Gasteiger charge is -2.09. The van der Waals surface area contributed by atoms with Crippen molar-refractivity contribution in [1.82, 2.24) is 14.8 Å². The van der Waals surface area contributed by atoms with Crippen molar-refractivity contribution >= 4 is 81.4 Å². The lowest BCUT2D eigenvalue weighted by molar-refractivity contribution is -0.116. The lowest BCUT2D eigenvalue weighted by atomic mass is 10.3. The first-order valence-electron chi connectivity index (χ1n) is 9.32. The Kier molecular flexibility index (Phi) is 8.67. The maximum Gasteiger partial charge on any atom is 0.234 e. The van der Waals surface area contributed by atoms with Gasteiger partial charge in [-0.15, -0.1) is 10.2 Å². The number of thioether (sulfide) groups is 1. The van der Waals surface area contributed by atoms with Gasteiger partial charge in [0.15, 0.2) is 5.16 Å². The number of nitrogens with one attached hydrogen (secondary N) is 2. The van der Waals surface area contributed by atoms with Gasteiger partial charge in [0.25, 0.3) is 0 Å². The van der Waals surface area contributed by atoms with E-state index in [9.17, 15) is 9.59 Å². The number of aromatic nitrogens is 3. The van der Waals surface area contributed by atoms with Crippen LogP contribution in [0.3, 0.4) is 0 Å². The van der Waals surface area contributed by atoms with Crippen LogP contribution in [-0.2, 0) is 22.6 Å². The van der Waals surface area contributed by atoms with E-state index in [0.29, 0.717) is 44.0 Å². The molecule has 0 aliphatic rings. The molecule has 0 saturated heterocycles. The molecule has 2 aromatic carbocycles. The average Bonchev–Trinajstić information content (AvgIpc) is 3.13. The summed E-state index contributed by atoms with van der Waals surface area (Å²) in [6.45, 7) is 2.44. The van der Waals surface area contributed by atoms with Crippen molar-refractivity contribution in [3.63, 3.8) is 0 Å². The van der Waals surface area contributed by atoms with Gasteiger partial charge in [-0.2, -0.15) is 0 Å². The fraction of sp³-hybridized carbons (Fsp3) is 0.200. The van der Waals surface area contributed by atoms with Gasteiger partial charge in [0.2, 0.25) is 11.8 Å². The van der Waals surface area contributed by atoms with Crippen molar-refractivity contribution in [2.45, 2.75) is 25.0 Å². The van der Waals surface area contributed by atoms with Gasteiger partial charge in [0.05, 0.1) is 38.0 Å². The number of carbonyl (C=O) groups is 2. The van der Waals surface area contributed by atoms with E-state index in [4.69, 9.17) is 46.4 Å². The predicted molar refractivity (Wildman–Crippen MR) is 130 cm³/mol. The molecule has 0 unspecified atom stereocenters. The highest BCUT2D eigenvalue weighted by molar-refractivity contribution is 7.99. The minimum Gasteiger partial charge on any atom is -0.326 e. The Hall–Kier alpha value is -1.97. The minimum atomic E-state index is -0.282. The molecule has 1 heterocycles. The fourth-order valence-electron chi connectivity index (χ4n) is 2.71. The van der Waals surface area contributed by atoms with Gasteiger partial charge in [-0.25, -0.2) is 0 Å². The smallest absolute Gasteiger partial charge is 0.234 e. The van der Waals surface area contributed by atoms with Crippen LogP contribution in [0.5, 0.6) is 0 Å². The summed E-state index contributed by atoms with van der Waals surface area (Å²) in [5.41, 5.74) is 0.958. The van der Waals surface area contributed by atoms with Crippen LogP contribution >= 0.6 is 58.2 Å². The van der Waals surface area contributed by atoms with Gasteiger partial charge in [-0.05, 0) is 37.3 Å². The average molecular weight is 533 g/mol. The molecule has 0 aliphatic carbocycles. The second kappa shape index (κ2) is 11.2. The second-order valence-electron chi connectivity index (χ2n) is 6.44. The van der Waals surface area contributed by atoms with Gasteiger partial charge >= 0.3 is 0 Å². The Morgan fingerprint density at radius 3 is 2.47 bits per heavy atom. The van der Waals surface area contributed by atoms with E-state index in [2.05, 4.69) is 20.8 Å². The highest BCUT2D eigenvalue weighted by Crippen LogP contribution is 2.30. The number of anilines is 2. The molecule has 3 rings (SSSR count). The third-order valence-corrected chi connectivity index (χ3v) is 6.71. The van der Waals surface area contributed by atoms with E-state index >= 15 is 0 Å². The summed E-state index contributed by atoms with van der Waals surface area (Å²) in [5, 5.41) is 15.6. The maximum atomic E-state index is 12.4. The summed E-state index contributed by atoms with van der Waals surface area (Å²) in [6, 6.07) is 9.82. The first kappa shape index (κ1) is 24.7. The van der Waals surface area contributed by atoms with Crippen molar-refractivity contribution in [2.24, 2.45) is 0 Å². The molecule has 2 amide bonds. The zero-order valence-electron chi connectivity index (χ0n) is 16.7. The Labute approximate surface area is 208 Å². The number of amides is 2. The van der Waals surface area contributed by atoms with Crippen molar-refractivity contribution < 1.29 is 9.59 Å². The Balaban J connectivity index is 1.60. The van der Waals surface area contributed by atoms with E-state index in [1.54, 1.807) is 41.0 Å². The molecule has 0 aliphatic heterocycles. The third kappa shape index (κ3) is 6.30. The Morgan fingerprint density at radius 2 is 1.75 bits per heavy atom. The number of benzene rings is 2. The molecule has 12 heteroatoms. The highest BCUT2D eigenvalue weighted by Gasteiger charge is 2.17. The quantitative estimate of drug-likeness (QED) is 0.356. The summed E-state index contributed by atoms with van der Waals surface area (Å²) in [7, 11) is 0. The Morgan fingerprint density at radius 1 is 0.969 bits per heavy atom. The Bertz CT molecular complexity index is 1160. The number of halogens is 4. The van der Waals surface area contributed by atoms with Crippen LogP contribution in [0.15, 0.2) is 41.6 Å². The molecule has 0 radical (unpaired) electrons. The van der Waals surface area contributed by atoms with Crippen LogP contribution in [0, 0.1) is 0 Å². The van der Waals surface area contributed by atoms with Gasteiger partial charge in [-0.1, -0.05) is 64.2 Å². The molecule has 2 N–H and O–H groups in total. The summed E-state index contributed by atoms with van der Waals surface area (Å²) in [5.74, 6) is 0.00107. The first-order chi connectivity index (χ1) is 15.3. The normalized spacial score (nSPS) is 10.8. The summed E-state index contributed by atoms with van der Waals surface area (Å²) in [6.07, 6.45) is 0.00592. The number of rotatable bonds is 8. The summed E-state index contributed by atoms with van der Waals surface area (Å²) < 4.78 is 1.78. The lowest BCUT2D eigenvalue weighted by Crippen LogP contribution is -2.18. The summed E-state index contributed by atoms with van der Waals surface area (Å²) >= 11 is 25.1. The van der Waals surface area contributed by atoms with Gasteiger partial charge in [-0.3, -0.25) is 9.59 Å². The van der Waals surface area contributed by atoms with Gasteiger partial charge in [0, 0.05) is 12.2 Å². The van der Waals surface area contributed by atoms with Crippen molar-refractivity contribution in [2.75, 3.05) is 16.4 Å². The third-order valence-electron chi connectivity index (χ3n) is 4.19. The number of hydrogen-bond acceptors (Lipinski definition) is 5. The number of nitrogens with zero attached hydrogens (tertiary/aromatic N) is 3. The van der Waals surface area contributed by atoms with Crippen molar-refractivity contribution in [3.05, 3.63) is 62.3 Å². The second-order valence-corrected chi connectivity index (χ2v) is 8.98. The van der Waals surface area contributed by atoms with Crippen LogP contribution in [0.1, 0.15) is 12.7 Å². The van der Waals surface area contributed by atoms with Crippen molar-refractivity contribution in [1.29, 1.82) is 0 Å². The largest absolute Gasteiger partial charge is 0.326 e. The number of carbonyl (C=O) groups excluding carboxylic acids is 2.